The van der Waals surface area contributed by atoms with Crippen molar-refractivity contribution in [1.29, 1.82) is 0 Å². The fraction of sp³-hybridized carbons (Fsp3) is 0.571. The van der Waals surface area contributed by atoms with E-state index in [9.17, 15) is 9.18 Å². The van der Waals surface area contributed by atoms with Gasteiger partial charge in [0.05, 0.1) is 5.56 Å². The number of rotatable bonds is 1. The van der Waals surface area contributed by atoms with Gasteiger partial charge in [-0.3, -0.25) is 4.79 Å². The fourth-order valence-corrected chi connectivity index (χ4v) is 3.41. The molecule has 1 aliphatic heterocycles. The Hall–Kier alpha value is -1.45. The van der Waals surface area contributed by atoms with Crippen molar-refractivity contribution < 1.29 is 9.18 Å². The number of nitrogens with zero attached hydrogens (tertiary/aromatic N) is 2. The van der Waals surface area contributed by atoms with Crippen LogP contribution in [0.1, 0.15) is 42.5 Å². The average Bonchev–Trinajstić information content (AvgIpc) is 2.86. The van der Waals surface area contributed by atoms with Crippen LogP contribution in [-0.4, -0.2) is 28.4 Å². The maximum Gasteiger partial charge on any atom is 0.258 e. The Labute approximate surface area is 106 Å². The lowest BCUT2D eigenvalue weighted by atomic mass is 9.91. The number of hydrogen-bond donors (Lipinski definition) is 0. The zero-order valence-corrected chi connectivity index (χ0v) is 10.3. The predicted octanol–water partition coefficient (Wildman–Crippen LogP) is 2.63. The highest BCUT2D eigenvalue weighted by molar-refractivity contribution is 5.94. The molecule has 1 saturated carbocycles. The van der Waals surface area contributed by atoms with Crippen molar-refractivity contribution in [3.8, 4) is 0 Å². The minimum absolute atomic E-state index is 0.116. The van der Waals surface area contributed by atoms with Gasteiger partial charge in [-0.15, -0.1) is 0 Å². The van der Waals surface area contributed by atoms with E-state index in [2.05, 4.69) is 4.98 Å². The van der Waals surface area contributed by atoms with Gasteiger partial charge in [0.15, 0.2) is 0 Å². The molecule has 3 nitrogen and oxygen atoms in total. The number of halogens is 1. The molecule has 3 rings (SSSR count). The topological polar surface area (TPSA) is 33.2 Å². The average molecular weight is 248 g/mol. The monoisotopic (exact) mass is 248 g/mol. The second-order valence-corrected chi connectivity index (χ2v) is 5.24. The molecular formula is C14H17FN2O. The van der Waals surface area contributed by atoms with Crippen LogP contribution in [0.15, 0.2) is 18.3 Å². The molecule has 2 fully saturated rings. The van der Waals surface area contributed by atoms with E-state index in [1.165, 1.54) is 31.5 Å². The van der Waals surface area contributed by atoms with E-state index in [1.54, 1.807) is 6.07 Å². The number of carbonyl (C=O) groups is 1. The van der Waals surface area contributed by atoms with Gasteiger partial charge in [0, 0.05) is 18.8 Å². The van der Waals surface area contributed by atoms with Crippen LogP contribution in [0.4, 0.5) is 4.39 Å². The first-order valence-electron chi connectivity index (χ1n) is 6.69. The first-order chi connectivity index (χ1) is 8.77. The molecule has 4 heteroatoms. The minimum Gasteiger partial charge on any atom is -0.335 e. The van der Waals surface area contributed by atoms with Crippen LogP contribution in [-0.2, 0) is 0 Å². The van der Waals surface area contributed by atoms with E-state index in [0.717, 1.165) is 19.4 Å². The predicted molar refractivity (Wildman–Crippen MR) is 65.6 cm³/mol. The van der Waals surface area contributed by atoms with Gasteiger partial charge >= 0.3 is 0 Å². The highest BCUT2D eigenvalue weighted by Crippen LogP contribution is 2.37. The molecule has 1 aliphatic carbocycles. The standard InChI is InChI=1S/C14H17FN2O/c15-13-11(6-2-8-16-13)14(18)17-9-3-5-10-4-1-7-12(10)17/h2,6,8,10,12H,1,3-5,7,9H2. The van der Waals surface area contributed by atoms with Crippen molar-refractivity contribution >= 4 is 5.91 Å². The number of amides is 1. The number of piperidine rings is 1. The number of aromatic nitrogens is 1. The molecule has 1 aromatic rings. The second-order valence-electron chi connectivity index (χ2n) is 5.24. The summed E-state index contributed by atoms with van der Waals surface area (Å²) in [6.45, 7) is 0.758. The molecule has 2 aliphatic rings. The van der Waals surface area contributed by atoms with Crippen LogP contribution in [0.3, 0.4) is 0 Å². The third-order valence-electron chi connectivity index (χ3n) is 4.24. The second kappa shape index (κ2) is 4.67. The van der Waals surface area contributed by atoms with Gasteiger partial charge in [0.1, 0.15) is 0 Å². The Kier molecular flexibility index (Phi) is 3.02. The summed E-state index contributed by atoms with van der Waals surface area (Å²) in [5.41, 5.74) is 0.116. The van der Waals surface area contributed by atoms with E-state index in [0.29, 0.717) is 12.0 Å². The quantitative estimate of drug-likeness (QED) is 0.716. The van der Waals surface area contributed by atoms with Crippen molar-refractivity contribution in [2.24, 2.45) is 5.92 Å². The summed E-state index contributed by atoms with van der Waals surface area (Å²) in [6.07, 6.45) is 7.09. The third kappa shape index (κ3) is 1.89. The maximum atomic E-state index is 13.6. The van der Waals surface area contributed by atoms with Gasteiger partial charge in [-0.2, -0.15) is 4.39 Å². The highest BCUT2D eigenvalue weighted by Gasteiger charge is 2.38. The summed E-state index contributed by atoms with van der Waals surface area (Å²) in [5, 5.41) is 0. The Morgan fingerprint density at radius 3 is 3.00 bits per heavy atom. The van der Waals surface area contributed by atoms with E-state index < -0.39 is 5.95 Å². The normalized spacial score (nSPS) is 27.1. The molecule has 2 unspecified atom stereocenters. The molecule has 2 heterocycles. The van der Waals surface area contributed by atoms with Crippen molar-refractivity contribution in [3.05, 3.63) is 29.8 Å². The van der Waals surface area contributed by atoms with Crippen LogP contribution in [0.2, 0.25) is 0 Å². The van der Waals surface area contributed by atoms with Gasteiger partial charge in [0.25, 0.3) is 5.91 Å². The van der Waals surface area contributed by atoms with Gasteiger partial charge in [-0.25, -0.2) is 4.98 Å². The van der Waals surface area contributed by atoms with Gasteiger partial charge in [-0.1, -0.05) is 6.42 Å². The maximum absolute atomic E-state index is 13.6. The number of likely N-dealkylation sites (tertiary alicyclic amines) is 1. The fourth-order valence-electron chi connectivity index (χ4n) is 3.41. The molecule has 18 heavy (non-hydrogen) atoms. The third-order valence-corrected chi connectivity index (χ3v) is 4.24. The molecule has 0 N–H and O–H groups in total. The van der Waals surface area contributed by atoms with Crippen LogP contribution < -0.4 is 0 Å². The number of carbonyl (C=O) groups excluding carboxylic acids is 1. The SMILES string of the molecule is O=C(c1cccnc1F)N1CCCC2CCCC21. The molecule has 0 aromatic carbocycles. The highest BCUT2D eigenvalue weighted by atomic mass is 19.1. The number of pyridine rings is 1. The van der Waals surface area contributed by atoms with E-state index >= 15 is 0 Å². The molecule has 0 radical (unpaired) electrons. The molecule has 0 bridgehead atoms. The number of hydrogen-bond acceptors (Lipinski definition) is 2. The van der Waals surface area contributed by atoms with Crippen LogP contribution in [0, 0.1) is 11.9 Å². The largest absolute Gasteiger partial charge is 0.335 e. The molecular weight excluding hydrogens is 231 g/mol. The summed E-state index contributed by atoms with van der Waals surface area (Å²) in [6, 6.07) is 3.47. The van der Waals surface area contributed by atoms with E-state index in [1.807, 2.05) is 4.90 Å². The number of fused-ring (bicyclic) bond motifs is 1. The van der Waals surface area contributed by atoms with Crippen LogP contribution in [0.5, 0.6) is 0 Å². The molecule has 1 amide bonds. The van der Waals surface area contributed by atoms with Crippen molar-refractivity contribution in [2.75, 3.05) is 6.54 Å². The summed E-state index contributed by atoms with van der Waals surface area (Å²) < 4.78 is 13.6. The molecule has 0 spiro atoms. The summed E-state index contributed by atoms with van der Waals surface area (Å²) >= 11 is 0. The molecule has 96 valence electrons. The van der Waals surface area contributed by atoms with E-state index in [-0.39, 0.29) is 11.5 Å². The zero-order chi connectivity index (χ0) is 12.5. The van der Waals surface area contributed by atoms with Gasteiger partial charge < -0.3 is 4.90 Å². The van der Waals surface area contributed by atoms with Crippen molar-refractivity contribution in [2.45, 2.75) is 38.1 Å². The van der Waals surface area contributed by atoms with Crippen molar-refractivity contribution in [1.82, 2.24) is 9.88 Å². The summed E-state index contributed by atoms with van der Waals surface area (Å²) in [4.78, 5) is 17.9. The summed E-state index contributed by atoms with van der Waals surface area (Å²) in [7, 11) is 0. The minimum atomic E-state index is -0.650. The molecule has 2 atom stereocenters. The van der Waals surface area contributed by atoms with Gasteiger partial charge in [0.2, 0.25) is 5.95 Å². The van der Waals surface area contributed by atoms with Crippen LogP contribution >= 0.6 is 0 Å². The van der Waals surface area contributed by atoms with Crippen LogP contribution in [0.25, 0.3) is 0 Å². The zero-order valence-electron chi connectivity index (χ0n) is 10.3. The molecule has 1 saturated heterocycles. The Balaban J connectivity index is 1.86. The Morgan fingerprint density at radius 2 is 2.17 bits per heavy atom. The first-order valence-corrected chi connectivity index (χ1v) is 6.69. The smallest absolute Gasteiger partial charge is 0.258 e. The van der Waals surface area contributed by atoms with Gasteiger partial charge in [-0.05, 0) is 43.7 Å². The lowest BCUT2D eigenvalue weighted by Crippen LogP contribution is -2.46. The van der Waals surface area contributed by atoms with E-state index in [4.69, 9.17) is 0 Å². The Morgan fingerprint density at radius 1 is 1.33 bits per heavy atom. The Bertz CT molecular complexity index is 463. The lowest BCUT2D eigenvalue weighted by Gasteiger charge is -2.37. The van der Waals surface area contributed by atoms with Crippen molar-refractivity contribution in [3.63, 3.8) is 0 Å². The molecule has 1 aromatic heterocycles. The summed E-state index contributed by atoms with van der Waals surface area (Å²) in [5.74, 6) is -0.206. The first kappa shape index (κ1) is 11.6. The lowest BCUT2D eigenvalue weighted by molar-refractivity contribution is 0.0542.